The molecule has 1 N–H and O–H groups in total. The maximum atomic E-state index is 12.3. The summed E-state index contributed by atoms with van der Waals surface area (Å²) in [4.78, 5) is 22.7. The molecular weight excluding hydrogens is 430 g/mol. The highest BCUT2D eigenvalue weighted by Gasteiger charge is 2.16. The number of methoxy groups -OCH3 is 1. The zero-order chi connectivity index (χ0) is 21.7. The van der Waals surface area contributed by atoms with E-state index in [-0.39, 0.29) is 28.1 Å². The van der Waals surface area contributed by atoms with Crippen LogP contribution in [-0.2, 0) is 11.3 Å². The Kier molecular flexibility index (Phi) is 6.91. The fraction of sp³-hybridized carbons (Fsp3) is 0.211. The maximum Gasteiger partial charge on any atom is 0.271 e. The summed E-state index contributed by atoms with van der Waals surface area (Å²) in [5.41, 5.74) is 0.880. The molecule has 1 amide bonds. The van der Waals surface area contributed by atoms with Crippen molar-refractivity contribution < 1.29 is 14.5 Å². The SMILES string of the molecule is CCn1c(SCC(=O)Nc2cc([N+](=O)[O-])ccc2Cl)nnc1-c1cccc(OC)c1. The van der Waals surface area contributed by atoms with Crippen LogP contribution < -0.4 is 10.1 Å². The van der Waals surface area contributed by atoms with Gasteiger partial charge in [0.05, 0.1) is 28.5 Å². The van der Waals surface area contributed by atoms with Gasteiger partial charge in [-0.05, 0) is 25.1 Å². The summed E-state index contributed by atoms with van der Waals surface area (Å²) in [7, 11) is 1.59. The number of ether oxygens (including phenoxy) is 1. The average molecular weight is 448 g/mol. The summed E-state index contributed by atoms with van der Waals surface area (Å²) in [6.45, 7) is 2.57. The Morgan fingerprint density at radius 3 is 2.80 bits per heavy atom. The van der Waals surface area contributed by atoms with Crippen LogP contribution in [-0.4, -0.2) is 38.5 Å². The second kappa shape index (κ2) is 9.59. The van der Waals surface area contributed by atoms with E-state index in [0.717, 1.165) is 5.56 Å². The van der Waals surface area contributed by atoms with Crippen LogP contribution >= 0.6 is 23.4 Å². The third-order valence-electron chi connectivity index (χ3n) is 4.13. The molecule has 2 aromatic carbocycles. The van der Waals surface area contributed by atoms with Crippen LogP contribution in [0.15, 0.2) is 47.6 Å². The molecule has 0 radical (unpaired) electrons. The first-order valence-corrected chi connectivity index (χ1v) is 10.2. The molecule has 0 aliphatic carbocycles. The predicted molar refractivity (Wildman–Crippen MR) is 115 cm³/mol. The molecule has 9 nitrogen and oxygen atoms in total. The van der Waals surface area contributed by atoms with Gasteiger partial charge in [-0.25, -0.2) is 0 Å². The zero-order valence-corrected chi connectivity index (χ0v) is 17.7. The number of nitro groups is 1. The lowest BCUT2D eigenvalue weighted by Crippen LogP contribution is -2.15. The molecule has 0 unspecified atom stereocenters. The van der Waals surface area contributed by atoms with E-state index in [9.17, 15) is 14.9 Å². The van der Waals surface area contributed by atoms with Crippen molar-refractivity contribution in [1.82, 2.24) is 14.8 Å². The van der Waals surface area contributed by atoms with Gasteiger partial charge >= 0.3 is 0 Å². The molecule has 1 aromatic heterocycles. The number of hydrogen-bond donors (Lipinski definition) is 1. The number of nitrogens with zero attached hydrogens (tertiary/aromatic N) is 4. The van der Waals surface area contributed by atoms with Gasteiger partial charge in [-0.15, -0.1) is 10.2 Å². The van der Waals surface area contributed by atoms with Crippen molar-refractivity contribution in [2.45, 2.75) is 18.6 Å². The van der Waals surface area contributed by atoms with Gasteiger partial charge in [0.25, 0.3) is 5.69 Å². The second-order valence-corrected chi connectivity index (χ2v) is 7.39. The molecule has 0 bridgehead atoms. The standard InChI is InChI=1S/C19H18ClN5O4S/c1-3-24-18(12-5-4-6-14(9-12)29-2)22-23-19(24)30-11-17(26)21-16-10-13(25(27)28)7-8-15(16)20/h4-10H,3,11H2,1-2H3,(H,21,26). The van der Waals surface area contributed by atoms with E-state index in [1.54, 1.807) is 7.11 Å². The monoisotopic (exact) mass is 447 g/mol. The lowest BCUT2D eigenvalue weighted by molar-refractivity contribution is -0.384. The quantitative estimate of drug-likeness (QED) is 0.311. The molecule has 0 aliphatic heterocycles. The number of halogens is 1. The Morgan fingerprint density at radius 1 is 1.30 bits per heavy atom. The molecule has 3 aromatic rings. The largest absolute Gasteiger partial charge is 0.497 e. The summed E-state index contributed by atoms with van der Waals surface area (Å²) < 4.78 is 7.15. The third-order valence-corrected chi connectivity index (χ3v) is 5.42. The Morgan fingerprint density at radius 2 is 2.10 bits per heavy atom. The van der Waals surface area contributed by atoms with Gasteiger partial charge < -0.3 is 14.6 Å². The smallest absolute Gasteiger partial charge is 0.271 e. The number of thioether (sulfide) groups is 1. The molecule has 0 saturated heterocycles. The molecule has 0 saturated carbocycles. The van der Waals surface area contributed by atoms with Crippen molar-refractivity contribution in [2.24, 2.45) is 0 Å². The van der Waals surface area contributed by atoms with Crippen LogP contribution in [0, 0.1) is 10.1 Å². The molecule has 156 valence electrons. The molecule has 0 atom stereocenters. The Balaban J connectivity index is 1.72. The number of anilines is 1. The van der Waals surface area contributed by atoms with Gasteiger partial charge in [-0.1, -0.05) is 35.5 Å². The molecule has 3 rings (SSSR count). The van der Waals surface area contributed by atoms with E-state index in [0.29, 0.717) is 23.3 Å². The van der Waals surface area contributed by atoms with E-state index < -0.39 is 4.92 Å². The summed E-state index contributed by atoms with van der Waals surface area (Å²) in [6.07, 6.45) is 0. The fourth-order valence-electron chi connectivity index (χ4n) is 2.70. The molecule has 0 spiro atoms. The van der Waals surface area contributed by atoms with E-state index >= 15 is 0 Å². The van der Waals surface area contributed by atoms with E-state index in [4.69, 9.17) is 16.3 Å². The zero-order valence-electron chi connectivity index (χ0n) is 16.2. The number of amides is 1. The van der Waals surface area contributed by atoms with E-state index in [1.165, 1.54) is 30.0 Å². The van der Waals surface area contributed by atoms with Crippen LogP contribution in [0.25, 0.3) is 11.4 Å². The summed E-state index contributed by atoms with van der Waals surface area (Å²) >= 11 is 7.23. The normalized spacial score (nSPS) is 10.6. The highest BCUT2D eigenvalue weighted by molar-refractivity contribution is 7.99. The maximum absolute atomic E-state index is 12.3. The molecule has 1 heterocycles. The summed E-state index contributed by atoms with van der Waals surface area (Å²) in [5, 5.41) is 22.7. The number of non-ortho nitro benzene ring substituents is 1. The van der Waals surface area contributed by atoms with Gasteiger partial charge in [0.2, 0.25) is 5.91 Å². The van der Waals surface area contributed by atoms with Gasteiger partial charge in [-0.2, -0.15) is 0 Å². The topological polar surface area (TPSA) is 112 Å². The lowest BCUT2D eigenvalue weighted by Gasteiger charge is -2.09. The molecule has 11 heteroatoms. The van der Waals surface area contributed by atoms with Crippen LogP contribution in [0.4, 0.5) is 11.4 Å². The number of rotatable bonds is 8. The minimum atomic E-state index is -0.551. The average Bonchev–Trinajstić information content (AvgIpc) is 3.16. The van der Waals surface area contributed by atoms with Crippen LogP contribution in [0.5, 0.6) is 5.75 Å². The molecule has 0 fully saturated rings. The Labute approximate surface area is 181 Å². The van der Waals surface area contributed by atoms with Crippen LogP contribution in [0.1, 0.15) is 6.92 Å². The van der Waals surface area contributed by atoms with Gasteiger partial charge in [0, 0.05) is 24.2 Å². The predicted octanol–water partition coefficient (Wildman–Crippen LogP) is 4.27. The third kappa shape index (κ3) is 4.89. The summed E-state index contributed by atoms with van der Waals surface area (Å²) in [6, 6.07) is 11.3. The highest BCUT2D eigenvalue weighted by Crippen LogP contribution is 2.28. The number of hydrogen-bond acceptors (Lipinski definition) is 7. The Bertz CT molecular complexity index is 1090. The number of carbonyl (C=O) groups is 1. The lowest BCUT2D eigenvalue weighted by atomic mass is 10.2. The minimum absolute atomic E-state index is 0.0370. The van der Waals surface area contributed by atoms with Gasteiger partial charge in [0.1, 0.15) is 5.75 Å². The van der Waals surface area contributed by atoms with Crippen molar-refractivity contribution in [3.63, 3.8) is 0 Å². The molecule has 0 aliphatic rings. The first-order chi connectivity index (χ1) is 14.4. The van der Waals surface area contributed by atoms with Crippen molar-refractivity contribution in [3.05, 3.63) is 57.6 Å². The van der Waals surface area contributed by atoms with Gasteiger partial charge in [0.15, 0.2) is 11.0 Å². The molecular formula is C19H18ClN5O4S. The van der Waals surface area contributed by atoms with E-state index in [1.807, 2.05) is 35.8 Å². The van der Waals surface area contributed by atoms with Gasteiger partial charge in [-0.3, -0.25) is 14.9 Å². The van der Waals surface area contributed by atoms with Crippen LogP contribution in [0.2, 0.25) is 5.02 Å². The van der Waals surface area contributed by atoms with E-state index in [2.05, 4.69) is 15.5 Å². The van der Waals surface area contributed by atoms with Crippen molar-refractivity contribution >= 4 is 40.6 Å². The fourth-order valence-corrected chi connectivity index (χ4v) is 3.66. The highest BCUT2D eigenvalue weighted by atomic mass is 35.5. The Hall–Kier alpha value is -3.11. The number of carbonyl (C=O) groups excluding carboxylic acids is 1. The van der Waals surface area contributed by atoms with Crippen molar-refractivity contribution in [3.8, 4) is 17.1 Å². The number of nitrogens with one attached hydrogen (secondary N) is 1. The second-order valence-electron chi connectivity index (χ2n) is 6.04. The number of nitro benzene ring substituents is 1. The van der Waals surface area contributed by atoms with Crippen LogP contribution in [0.3, 0.4) is 0 Å². The number of benzene rings is 2. The number of aromatic nitrogens is 3. The molecule has 30 heavy (non-hydrogen) atoms. The first-order valence-electron chi connectivity index (χ1n) is 8.87. The summed E-state index contributed by atoms with van der Waals surface area (Å²) in [5.74, 6) is 1.05. The first kappa shape index (κ1) is 21.6. The van der Waals surface area contributed by atoms with Crippen molar-refractivity contribution in [1.29, 1.82) is 0 Å². The minimum Gasteiger partial charge on any atom is -0.497 e. The van der Waals surface area contributed by atoms with Crippen molar-refractivity contribution in [2.75, 3.05) is 18.2 Å².